The van der Waals surface area contributed by atoms with Crippen LogP contribution in [0.4, 0.5) is 18.3 Å². The van der Waals surface area contributed by atoms with Gasteiger partial charge >= 0.3 is 0 Å². The van der Waals surface area contributed by atoms with Crippen molar-refractivity contribution in [3.8, 4) is 0 Å². The van der Waals surface area contributed by atoms with E-state index in [9.17, 15) is 26.4 Å². The molecule has 0 fully saturated rings. The summed E-state index contributed by atoms with van der Waals surface area (Å²) in [7, 11) is -0.0631. The first-order valence-corrected chi connectivity index (χ1v) is 12.2. The van der Waals surface area contributed by atoms with Crippen LogP contribution in [-0.2, 0) is 14.6 Å². The molecule has 0 aliphatic rings. The summed E-state index contributed by atoms with van der Waals surface area (Å²) in [5.41, 5.74) is -0.0456. The van der Waals surface area contributed by atoms with Crippen LogP contribution in [0.3, 0.4) is 0 Å². The molecular formula is C21H23ClF3N3O3S2. The summed E-state index contributed by atoms with van der Waals surface area (Å²) in [6.45, 7) is 0.892. The fraction of sp³-hybridized carbons (Fsp3) is 0.333. The maximum Gasteiger partial charge on any atom is 0.229 e. The molecule has 0 radical (unpaired) electrons. The molecule has 0 unspecified atom stereocenters. The molecule has 2 aromatic carbocycles. The summed E-state index contributed by atoms with van der Waals surface area (Å²) in [5.74, 6) is -3.13. The Morgan fingerprint density at radius 3 is 2.33 bits per heavy atom. The van der Waals surface area contributed by atoms with Gasteiger partial charge in [0.05, 0.1) is 15.3 Å². The molecule has 1 aromatic heterocycles. The molecule has 33 heavy (non-hydrogen) atoms. The Kier molecular flexibility index (Phi) is 9.24. The van der Waals surface area contributed by atoms with Gasteiger partial charge in [0.1, 0.15) is 17.2 Å². The van der Waals surface area contributed by atoms with Crippen molar-refractivity contribution in [1.82, 2.24) is 9.88 Å². The van der Waals surface area contributed by atoms with Crippen LogP contribution in [-0.4, -0.2) is 57.1 Å². The maximum absolute atomic E-state index is 14.1. The van der Waals surface area contributed by atoms with Crippen LogP contribution < -0.4 is 4.90 Å². The highest BCUT2D eigenvalue weighted by Crippen LogP contribution is 2.31. The molecule has 0 aliphatic heterocycles. The molecular weight excluding hydrogens is 499 g/mol. The SMILES string of the molecule is CN(C)CCCN(C(=O)CCS(=O)(=O)c1ccc(F)cc1)c1nc2c(F)cc(F)cc2s1.Cl. The van der Waals surface area contributed by atoms with Crippen LogP contribution >= 0.6 is 23.7 Å². The number of fused-ring (bicyclic) bond motifs is 1. The van der Waals surface area contributed by atoms with Crippen molar-refractivity contribution >= 4 is 54.8 Å². The molecule has 0 saturated heterocycles. The third-order valence-corrected chi connectivity index (χ3v) is 7.44. The Hall–Kier alpha value is -2.21. The average molecular weight is 522 g/mol. The maximum atomic E-state index is 14.1. The van der Waals surface area contributed by atoms with Gasteiger partial charge in [0.15, 0.2) is 20.8 Å². The minimum Gasteiger partial charge on any atom is -0.309 e. The first kappa shape index (κ1) is 27.0. The number of nitrogens with zero attached hydrogens (tertiary/aromatic N) is 3. The number of sulfone groups is 1. The van der Waals surface area contributed by atoms with E-state index in [0.29, 0.717) is 13.0 Å². The van der Waals surface area contributed by atoms with E-state index in [1.54, 1.807) is 0 Å². The fourth-order valence-corrected chi connectivity index (χ4v) is 5.33. The lowest BCUT2D eigenvalue weighted by atomic mass is 10.3. The molecule has 3 rings (SSSR count). The Balaban J connectivity index is 0.00000385. The van der Waals surface area contributed by atoms with Crippen molar-refractivity contribution in [2.75, 3.05) is 37.8 Å². The summed E-state index contributed by atoms with van der Waals surface area (Å²) < 4.78 is 66.0. The minimum atomic E-state index is -3.81. The van der Waals surface area contributed by atoms with Gasteiger partial charge in [0.25, 0.3) is 0 Å². The van der Waals surface area contributed by atoms with Crippen molar-refractivity contribution in [1.29, 1.82) is 0 Å². The number of benzene rings is 2. The van der Waals surface area contributed by atoms with Gasteiger partial charge in [-0.2, -0.15) is 0 Å². The molecule has 6 nitrogen and oxygen atoms in total. The molecule has 1 amide bonds. The monoisotopic (exact) mass is 521 g/mol. The van der Waals surface area contributed by atoms with Crippen LogP contribution in [0.2, 0.25) is 0 Å². The zero-order valence-corrected chi connectivity index (χ0v) is 20.4. The number of anilines is 1. The van der Waals surface area contributed by atoms with Gasteiger partial charge in [-0.1, -0.05) is 11.3 Å². The van der Waals surface area contributed by atoms with Crippen LogP contribution in [0.5, 0.6) is 0 Å². The zero-order chi connectivity index (χ0) is 23.5. The van der Waals surface area contributed by atoms with Crippen molar-refractivity contribution < 1.29 is 26.4 Å². The highest BCUT2D eigenvalue weighted by Gasteiger charge is 2.24. The number of hydrogen-bond acceptors (Lipinski definition) is 6. The number of thiazole rings is 1. The second-order valence-electron chi connectivity index (χ2n) is 7.46. The highest BCUT2D eigenvalue weighted by molar-refractivity contribution is 7.91. The van der Waals surface area contributed by atoms with Crippen LogP contribution in [0.1, 0.15) is 12.8 Å². The Labute approximate surface area is 200 Å². The minimum absolute atomic E-state index is 0. The molecule has 0 saturated carbocycles. The fourth-order valence-electron chi connectivity index (χ4n) is 3.05. The molecule has 3 aromatic rings. The smallest absolute Gasteiger partial charge is 0.229 e. The Morgan fingerprint density at radius 1 is 1.03 bits per heavy atom. The Bertz CT molecular complexity index is 1220. The van der Waals surface area contributed by atoms with Gasteiger partial charge in [0, 0.05) is 19.0 Å². The highest BCUT2D eigenvalue weighted by atomic mass is 35.5. The van der Waals surface area contributed by atoms with E-state index in [1.807, 2.05) is 19.0 Å². The molecule has 12 heteroatoms. The van der Waals surface area contributed by atoms with E-state index in [4.69, 9.17) is 0 Å². The summed E-state index contributed by atoms with van der Waals surface area (Å²) in [4.78, 5) is 20.3. The van der Waals surface area contributed by atoms with E-state index < -0.39 is 38.9 Å². The van der Waals surface area contributed by atoms with Crippen molar-refractivity contribution in [2.45, 2.75) is 17.7 Å². The van der Waals surface area contributed by atoms with E-state index in [1.165, 1.54) is 4.90 Å². The number of rotatable bonds is 9. The predicted molar refractivity (Wildman–Crippen MR) is 125 cm³/mol. The van der Waals surface area contributed by atoms with E-state index in [0.717, 1.165) is 47.7 Å². The van der Waals surface area contributed by atoms with Crippen LogP contribution in [0.15, 0.2) is 41.3 Å². The summed E-state index contributed by atoms with van der Waals surface area (Å²) >= 11 is 0.961. The molecule has 0 aliphatic carbocycles. The Morgan fingerprint density at radius 2 is 1.70 bits per heavy atom. The summed E-state index contributed by atoms with van der Waals surface area (Å²) in [5, 5.41) is 0.174. The third kappa shape index (κ3) is 6.89. The van der Waals surface area contributed by atoms with Gasteiger partial charge in [0.2, 0.25) is 5.91 Å². The number of halogens is 4. The molecule has 180 valence electrons. The summed E-state index contributed by atoms with van der Waals surface area (Å²) in [6.07, 6.45) is 0.227. The average Bonchev–Trinajstić information content (AvgIpc) is 3.13. The largest absolute Gasteiger partial charge is 0.309 e. The van der Waals surface area contributed by atoms with E-state index >= 15 is 0 Å². The molecule has 0 atom stereocenters. The van der Waals surface area contributed by atoms with E-state index in [2.05, 4.69) is 4.98 Å². The lowest BCUT2D eigenvalue weighted by molar-refractivity contribution is -0.118. The molecule has 0 spiro atoms. The van der Waals surface area contributed by atoms with Crippen molar-refractivity contribution in [3.63, 3.8) is 0 Å². The number of carbonyl (C=O) groups excluding carboxylic acids is 1. The molecule has 1 heterocycles. The van der Waals surface area contributed by atoms with Gasteiger partial charge in [-0.15, -0.1) is 12.4 Å². The van der Waals surface area contributed by atoms with Crippen molar-refractivity contribution in [2.24, 2.45) is 0 Å². The van der Waals surface area contributed by atoms with Gasteiger partial charge < -0.3 is 4.90 Å². The van der Waals surface area contributed by atoms with Crippen LogP contribution in [0.25, 0.3) is 10.2 Å². The number of carbonyl (C=O) groups is 1. The number of aromatic nitrogens is 1. The number of hydrogen-bond donors (Lipinski definition) is 0. The second kappa shape index (κ2) is 11.3. The van der Waals surface area contributed by atoms with Gasteiger partial charge in [-0.3, -0.25) is 9.69 Å². The lowest BCUT2D eigenvalue weighted by Gasteiger charge is -2.21. The van der Waals surface area contributed by atoms with Gasteiger partial charge in [-0.05, 0) is 57.4 Å². The predicted octanol–water partition coefficient (Wildman–Crippen LogP) is 4.28. The zero-order valence-electron chi connectivity index (χ0n) is 17.9. The van der Waals surface area contributed by atoms with Crippen LogP contribution in [0, 0.1) is 17.5 Å². The molecule has 0 bridgehead atoms. The first-order valence-electron chi connectivity index (χ1n) is 9.76. The summed E-state index contributed by atoms with van der Waals surface area (Å²) in [6, 6.07) is 6.23. The number of amides is 1. The molecule has 0 N–H and O–H groups in total. The quantitative estimate of drug-likeness (QED) is 0.393. The lowest BCUT2D eigenvalue weighted by Crippen LogP contribution is -2.34. The normalized spacial score (nSPS) is 11.6. The van der Waals surface area contributed by atoms with E-state index in [-0.39, 0.29) is 45.6 Å². The topological polar surface area (TPSA) is 70.6 Å². The first-order chi connectivity index (χ1) is 15.1. The van der Waals surface area contributed by atoms with Crippen molar-refractivity contribution in [3.05, 3.63) is 53.8 Å². The second-order valence-corrected chi connectivity index (χ2v) is 10.6. The third-order valence-electron chi connectivity index (χ3n) is 4.68. The standard InChI is InChI=1S/C21H22F3N3O3S2.ClH/c1-26(2)9-3-10-27(21-25-20-17(24)12-15(23)13-18(20)31-21)19(28)8-11-32(29,30)16-6-4-14(22)5-7-16;/h4-7,12-13H,3,8-11H2,1-2H3;1H. The van der Waals surface area contributed by atoms with Gasteiger partial charge in [-0.25, -0.2) is 26.6 Å².